The minimum absolute atomic E-state index is 0.00768. The Balaban J connectivity index is 1.18. The van der Waals surface area contributed by atoms with Gasteiger partial charge in [0.2, 0.25) is 5.60 Å². The Morgan fingerprint density at radius 3 is 2.64 bits per heavy atom. The van der Waals surface area contributed by atoms with Crippen LogP contribution < -0.4 is 11.1 Å². The van der Waals surface area contributed by atoms with E-state index in [1.807, 2.05) is 0 Å². The monoisotopic (exact) mass is 731 g/mol. The van der Waals surface area contributed by atoms with E-state index in [1.165, 1.54) is 48.2 Å². The van der Waals surface area contributed by atoms with Gasteiger partial charge in [-0.2, -0.15) is 0 Å². The fraction of sp³-hybridized carbons (Fsp3) is 0.467. The number of hydrogen-bond acceptors (Lipinski definition) is 14. The number of rotatable bonds is 10. The van der Waals surface area contributed by atoms with Crippen molar-refractivity contribution in [3.05, 3.63) is 40.2 Å². The highest BCUT2D eigenvalue weighted by Crippen LogP contribution is 2.43. The molecule has 0 spiro atoms. The van der Waals surface area contributed by atoms with Crippen LogP contribution in [0.5, 0.6) is 11.6 Å². The number of oxime groups is 1. The summed E-state index contributed by atoms with van der Waals surface area (Å²) in [6, 6.07) is 0.0832. The number of carbonyl (C=O) groups is 5. The largest absolute Gasteiger partial charge is 0.503 e. The molecule has 266 valence electrons. The summed E-state index contributed by atoms with van der Waals surface area (Å²) < 4.78 is 0.561. The van der Waals surface area contributed by atoms with E-state index in [4.69, 9.17) is 10.6 Å². The molecule has 0 saturated carbocycles. The third-order valence-electron chi connectivity index (χ3n) is 9.45. The molecule has 7 N–H and O–H groups in total. The second-order valence-corrected chi connectivity index (χ2v) is 15.0. The number of carboxylic acid groups (broad SMARTS) is 2. The zero-order chi connectivity index (χ0) is 36.1. The number of carboxylic acids is 2. The van der Waals surface area contributed by atoms with E-state index < -0.39 is 58.1 Å². The molecule has 0 aliphatic carbocycles. The van der Waals surface area contributed by atoms with Gasteiger partial charge in [0, 0.05) is 35.7 Å². The number of amides is 3. The van der Waals surface area contributed by atoms with Gasteiger partial charge >= 0.3 is 11.9 Å². The SMILES string of the molecule is CC(C)(O/N=C(\C(=O)N[C@@H]1C(=O)N2C(C(=O)O)=C(C[N+]34CCC[C@H]3CN(C(=O)c3cnc(O)c(O)c3)CC4)CS[C@H]12)c1csc(N)n1)C(=O)O. The number of quaternary nitrogens is 1. The molecule has 3 fully saturated rings. The number of aromatic hydroxyl groups is 2. The van der Waals surface area contributed by atoms with E-state index in [9.17, 15) is 44.4 Å². The van der Waals surface area contributed by atoms with Gasteiger partial charge in [-0.1, -0.05) is 5.16 Å². The summed E-state index contributed by atoms with van der Waals surface area (Å²) in [4.78, 5) is 80.1. The Morgan fingerprint density at radius 2 is 1.98 bits per heavy atom. The minimum atomic E-state index is -1.79. The number of aromatic nitrogens is 2. The topological polar surface area (TPSA) is 258 Å². The third-order valence-corrected chi connectivity index (χ3v) is 11.5. The molecule has 20 heteroatoms. The number of nitrogen functional groups attached to an aromatic ring is 1. The minimum Gasteiger partial charge on any atom is -0.503 e. The summed E-state index contributed by atoms with van der Waals surface area (Å²) in [7, 11) is 0. The van der Waals surface area contributed by atoms with Gasteiger partial charge in [-0.15, -0.1) is 23.1 Å². The summed E-state index contributed by atoms with van der Waals surface area (Å²) in [5, 5.41) is 46.3. The number of hydrogen-bond donors (Lipinski definition) is 6. The number of fused-ring (bicyclic) bond motifs is 2. The molecule has 2 aromatic heterocycles. The van der Waals surface area contributed by atoms with Crippen molar-refractivity contribution in [2.75, 3.05) is 44.2 Å². The molecule has 3 saturated heterocycles. The molecule has 3 amide bonds. The number of thiazole rings is 1. The van der Waals surface area contributed by atoms with Crippen LogP contribution in [-0.4, -0.2) is 142 Å². The first kappa shape index (κ1) is 34.9. The maximum atomic E-state index is 13.5. The van der Waals surface area contributed by atoms with Crippen molar-refractivity contribution in [2.24, 2.45) is 5.16 Å². The molecular weight excluding hydrogens is 697 g/mol. The molecule has 1 unspecified atom stereocenters. The van der Waals surface area contributed by atoms with Crippen LogP contribution in [0.4, 0.5) is 5.13 Å². The highest BCUT2D eigenvalue weighted by Gasteiger charge is 2.56. The number of carbonyl (C=O) groups excluding carboxylic acids is 3. The van der Waals surface area contributed by atoms with Gasteiger partial charge in [-0.3, -0.25) is 19.3 Å². The lowest BCUT2D eigenvalue weighted by atomic mass is 10.0. The number of thioether (sulfide) groups is 1. The van der Waals surface area contributed by atoms with Crippen molar-refractivity contribution in [3.8, 4) is 11.6 Å². The van der Waals surface area contributed by atoms with E-state index in [2.05, 4.69) is 20.4 Å². The first-order valence-electron chi connectivity index (χ1n) is 15.6. The van der Waals surface area contributed by atoms with Gasteiger partial charge in [0.1, 0.15) is 35.4 Å². The van der Waals surface area contributed by atoms with Gasteiger partial charge in [0.15, 0.2) is 16.6 Å². The molecule has 50 heavy (non-hydrogen) atoms. The summed E-state index contributed by atoms with van der Waals surface area (Å²) in [6.07, 6.45) is 2.89. The molecule has 0 bridgehead atoms. The second kappa shape index (κ2) is 13.1. The summed E-state index contributed by atoms with van der Waals surface area (Å²) in [5.74, 6) is -5.22. The number of piperazine rings is 1. The van der Waals surface area contributed by atoms with Crippen LogP contribution in [0.2, 0.25) is 0 Å². The van der Waals surface area contributed by atoms with Crippen molar-refractivity contribution in [2.45, 2.75) is 49.7 Å². The molecule has 6 heterocycles. The zero-order valence-electron chi connectivity index (χ0n) is 26.9. The van der Waals surface area contributed by atoms with E-state index >= 15 is 0 Å². The molecule has 4 atom stereocenters. The smallest absolute Gasteiger partial charge is 0.352 e. The van der Waals surface area contributed by atoms with Gasteiger partial charge < -0.3 is 45.7 Å². The quantitative estimate of drug-likeness (QED) is 0.0813. The highest BCUT2D eigenvalue weighted by atomic mass is 32.2. The highest BCUT2D eigenvalue weighted by molar-refractivity contribution is 8.00. The Kier molecular flexibility index (Phi) is 9.12. The standard InChI is InChI=1S/C30H34N8O10S2/c1-30(2,28(46)47)48-35-19(17-13-50-29(31)33-17)23(41)34-20-25(43)37-21(27(44)45)15(12-49-26(20)37)11-38-6-3-4-16(38)10-36(5-7-38)24(42)14-8-18(39)22(40)32-9-14/h8-9,13,16,20,26H,3-7,10-12H2,1-2H3,(H6-,31,32,33,34,35,39,40,41,42,44,45,46,47)/p+1/t16-,20+,26+,38?/m0/s1. The van der Waals surface area contributed by atoms with Crippen LogP contribution >= 0.6 is 23.1 Å². The summed E-state index contributed by atoms with van der Waals surface area (Å²) >= 11 is 2.33. The average molecular weight is 732 g/mol. The molecule has 4 aliphatic heterocycles. The van der Waals surface area contributed by atoms with Crippen molar-refractivity contribution >= 4 is 63.6 Å². The zero-order valence-corrected chi connectivity index (χ0v) is 28.6. The lowest BCUT2D eigenvalue weighted by molar-refractivity contribution is -0.938. The Hall–Kier alpha value is -4.95. The van der Waals surface area contributed by atoms with E-state index in [0.29, 0.717) is 36.2 Å². The molecule has 18 nitrogen and oxygen atoms in total. The first-order valence-corrected chi connectivity index (χ1v) is 17.5. The Morgan fingerprint density at radius 1 is 1.22 bits per heavy atom. The number of nitrogens with one attached hydrogen (secondary N) is 1. The molecule has 0 radical (unpaired) electrons. The summed E-state index contributed by atoms with van der Waals surface area (Å²) in [6.45, 7) is 4.96. The van der Waals surface area contributed by atoms with Crippen LogP contribution in [0.15, 0.2) is 34.1 Å². The molecule has 2 aromatic rings. The Labute approximate surface area is 292 Å². The fourth-order valence-electron chi connectivity index (χ4n) is 6.73. The lowest BCUT2D eigenvalue weighted by Gasteiger charge is -2.51. The normalized spacial score (nSPS) is 25.0. The van der Waals surface area contributed by atoms with Crippen molar-refractivity contribution < 1.29 is 53.7 Å². The molecule has 6 rings (SSSR count). The fourth-order valence-corrected chi connectivity index (χ4v) is 8.62. The van der Waals surface area contributed by atoms with Crippen LogP contribution in [-0.2, 0) is 24.0 Å². The van der Waals surface area contributed by atoms with E-state index in [-0.39, 0.29) is 39.8 Å². The molecule has 0 aromatic carbocycles. The second-order valence-electron chi connectivity index (χ2n) is 13.0. The van der Waals surface area contributed by atoms with Gasteiger partial charge in [0.05, 0.1) is 31.7 Å². The summed E-state index contributed by atoms with van der Waals surface area (Å²) in [5.41, 5.74) is 4.15. The number of β-lactam (4-membered cyclic amide) rings is 1. The first-order chi connectivity index (χ1) is 23.6. The van der Waals surface area contributed by atoms with Crippen LogP contribution in [0.3, 0.4) is 0 Å². The van der Waals surface area contributed by atoms with Crippen molar-refractivity contribution in [1.29, 1.82) is 0 Å². The predicted molar refractivity (Wildman–Crippen MR) is 177 cm³/mol. The average Bonchev–Trinajstić information content (AvgIpc) is 3.69. The van der Waals surface area contributed by atoms with Crippen LogP contribution in [0, 0.1) is 0 Å². The van der Waals surface area contributed by atoms with Gasteiger partial charge in [-0.25, -0.2) is 19.6 Å². The van der Waals surface area contributed by atoms with Crippen molar-refractivity contribution in [1.82, 2.24) is 25.1 Å². The Bertz CT molecular complexity index is 1850. The number of aliphatic carboxylic acids is 2. The van der Waals surface area contributed by atoms with E-state index in [0.717, 1.165) is 30.7 Å². The maximum Gasteiger partial charge on any atom is 0.352 e. The van der Waals surface area contributed by atoms with Gasteiger partial charge in [-0.05, 0) is 19.9 Å². The number of pyridine rings is 1. The molecule has 4 aliphatic rings. The number of anilines is 1. The maximum absolute atomic E-state index is 13.5. The lowest BCUT2D eigenvalue weighted by Crippen LogP contribution is -2.71. The van der Waals surface area contributed by atoms with Crippen LogP contribution in [0.1, 0.15) is 42.7 Å². The van der Waals surface area contributed by atoms with Crippen molar-refractivity contribution in [3.63, 3.8) is 0 Å². The van der Waals surface area contributed by atoms with E-state index in [1.54, 1.807) is 4.90 Å². The van der Waals surface area contributed by atoms with Crippen LogP contribution in [0.25, 0.3) is 0 Å². The number of nitrogens with zero attached hydrogens (tertiary/aromatic N) is 6. The molecular formula is C30H35N8O10S2+. The predicted octanol–water partition coefficient (Wildman–Crippen LogP) is -0.0108. The van der Waals surface area contributed by atoms with Gasteiger partial charge in [0.25, 0.3) is 23.6 Å². The third kappa shape index (κ3) is 6.29. The number of nitrogens with two attached hydrogens (primary N) is 1.